The van der Waals surface area contributed by atoms with Gasteiger partial charge in [-0.2, -0.15) is 5.10 Å². The first-order valence-corrected chi connectivity index (χ1v) is 7.48. The van der Waals surface area contributed by atoms with Crippen molar-refractivity contribution in [3.05, 3.63) is 40.3 Å². The SMILES string of the molecule is CC(C)n1nc(C(=O)N2CC[C@@H](O)C2)c2ccccc2c1=O. The molecule has 22 heavy (non-hydrogen) atoms. The number of hydrogen-bond acceptors (Lipinski definition) is 4. The van der Waals surface area contributed by atoms with Crippen molar-refractivity contribution in [3.63, 3.8) is 0 Å². The van der Waals surface area contributed by atoms with Gasteiger partial charge in [0.15, 0.2) is 5.69 Å². The maximum Gasteiger partial charge on any atom is 0.275 e. The average molecular weight is 301 g/mol. The molecule has 1 aliphatic rings. The van der Waals surface area contributed by atoms with E-state index < -0.39 is 6.10 Å². The molecule has 1 fully saturated rings. The molecule has 2 heterocycles. The van der Waals surface area contributed by atoms with Crippen LogP contribution >= 0.6 is 0 Å². The molecule has 0 saturated carbocycles. The highest BCUT2D eigenvalue weighted by molar-refractivity contribution is 6.04. The van der Waals surface area contributed by atoms with E-state index in [1.54, 1.807) is 29.2 Å². The predicted octanol–water partition coefficient (Wildman–Crippen LogP) is 1.18. The van der Waals surface area contributed by atoms with E-state index in [0.717, 1.165) is 0 Å². The lowest BCUT2D eigenvalue weighted by Crippen LogP contribution is -2.34. The van der Waals surface area contributed by atoms with Crippen LogP contribution in [0.1, 0.15) is 36.8 Å². The molecule has 1 aromatic heterocycles. The fourth-order valence-corrected chi connectivity index (χ4v) is 2.79. The highest BCUT2D eigenvalue weighted by Gasteiger charge is 2.28. The van der Waals surface area contributed by atoms with Crippen molar-refractivity contribution < 1.29 is 9.90 Å². The number of hydrogen-bond donors (Lipinski definition) is 1. The van der Waals surface area contributed by atoms with E-state index in [2.05, 4.69) is 5.10 Å². The van der Waals surface area contributed by atoms with Crippen LogP contribution in [0.4, 0.5) is 0 Å². The van der Waals surface area contributed by atoms with Gasteiger partial charge in [-0.05, 0) is 26.3 Å². The number of carbonyl (C=O) groups is 1. The molecule has 116 valence electrons. The molecule has 1 aliphatic heterocycles. The molecule has 0 bridgehead atoms. The summed E-state index contributed by atoms with van der Waals surface area (Å²) in [5, 5.41) is 15.0. The Morgan fingerprint density at radius 1 is 1.32 bits per heavy atom. The monoisotopic (exact) mass is 301 g/mol. The van der Waals surface area contributed by atoms with Crippen LogP contribution in [0.3, 0.4) is 0 Å². The second-order valence-corrected chi connectivity index (χ2v) is 5.93. The van der Waals surface area contributed by atoms with E-state index in [1.165, 1.54) is 4.68 Å². The highest BCUT2D eigenvalue weighted by atomic mass is 16.3. The topological polar surface area (TPSA) is 75.4 Å². The molecule has 0 radical (unpaired) electrons. The third kappa shape index (κ3) is 2.39. The van der Waals surface area contributed by atoms with Gasteiger partial charge < -0.3 is 10.0 Å². The molecule has 0 aliphatic carbocycles. The van der Waals surface area contributed by atoms with Gasteiger partial charge in [0.1, 0.15) is 0 Å². The van der Waals surface area contributed by atoms with Gasteiger partial charge in [-0.1, -0.05) is 18.2 Å². The zero-order valence-electron chi connectivity index (χ0n) is 12.7. The number of aromatic nitrogens is 2. The number of rotatable bonds is 2. The van der Waals surface area contributed by atoms with Crippen LogP contribution in [0.2, 0.25) is 0 Å². The Morgan fingerprint density at radius 3 is 2.59 bits per heavy atom. The molecule has 1 atom stereocenters. The lowest BCUT2D eigenvalue weighted by atomic mass is 10.1. The lowest BCUT2D eigenvalue weighted by Gasteiger charge is -2.18. The van der Waals surface area contributed by atoms with Gasteiger partial charge >= 0.3 is 0 Å². The third-order valence-electron chi connectivity index (χ3n) is 3.97. The summed E-state index contributed by atoms with van der Waals surface area (Å²) in [6.07, 6.45) is 0.0965. The number of amides is 1. The summed E-state index contributed by atoms with van der Waals surface area (Å²) in [6, 6.07) is 6.90. The molecule has 2 aromatic rings. The number of aliphatic hydroxyl groups is 1. The summed E-state index contributed by atoms with van der Waals surface area (Å²) < 4.78 is 1.35. The zero-order chi connectivity index (χ0) is 15.9. The third-order valence-corrected chi connectivity index (χ3v) is 3.97. The number of β-amino-alcohol motifs (C(OH)–C–C–N with tert-alkyl or cyclic N) is 1. The van der Waals surface area contributed by atoms with E-state index in [-0.39, 0.29) is 23.2 Å². The van der Waals surface area contributed by atoms with Crippen LogP contribution in [0.5, 0.6) is 0 Å². The summed E-state index contributed by atoms with van der Waals surface area (Å²) in [5.74, 6) is -0.234. The summed E-state index contributed by atoms with van der Waals surface area (Å²) in [4.78, 5) is 26.8. The number of nitrogens with zero attached hydrogens (tertiary/aromatic N) is 3. The second-order valence-electron chi connectivity index (χ2n) is 5.93. The molecule has 6 heteroatoms. The number of likely N-dealkylation sites (tertiary alicyclic amines) is 1. The Balaban J connectivity index is 2.18. The van der Waals surface area contributed by atoms with E-state index in [9.17, 15) is 14.7 Å². The van der Waals surface area contributed by atoms with Gasteiger partial charge in [0, 0.05) is 18.5 Å². The first-order chi connectivity index (χ1) is 10.5. The van der Waals surface area contributed by atoms with Crippen molar-refractivity contribution in [1.82, 2.24) is 14.7 Å². The molecule has 1 saturated heterocycles. The van der Waals surface area contributed by atoms with Crippen LogP contribution in [0.25, 0.3) is 10.8 Å². The normalized spacial score (nSPS) is 18.4. The van der Waals surface area contributed by atoms with Gasteiger partial charge in [0.2, 0.25) is 0 Å². The maximum atomic E-state index is 12.7. The Bertz CT molecular complexity index is 782. The molecule has 6 nitrogen and oxygen atoms in total. The molecular weight excluding hydrogens is 282 g/mol. The molecule has 3 rings (SSSR count). The number of aliphatic hydroxyl groups excluding tert-OH is 1. The maximum absolute atomic E-state index is 12.7. The van der Waals surface area contributed by atoms with Crippen LogP contribution in [-0.2, 0) is 0 Å². The zero-order valence-corrected chi connectivity index (χ0v) is 12.7. The second kappa shape index (κ2) is 5.53. The number of fused-ring (bicyclic) bond motifs is 1. The van der Waals surface area contributed by atoms with Crippen molar-refractivity contribution in [2.24, 2.45) is 0 Å². The van der Waals surface area contributed by atoms with Gasteiger partial charge in [-0.15, -0.1) is 0 Å². The molecule has 1 N–H and O–H groups in total. The smallest absolute Gasteiger partial charge is 0.275 e. The molecule has 0 unspecified atom stereocenters. The predicted molar refractivity (Wildman–Crippen MR) is 82.9 cm³/mol. The lowest BCUT2D eigenvalue weighted by molar-refractivity contribution is 0.0758. The van der Waals surface area contributed by atoms with Crippen LogP contribution < -0.4 is 5.56 Å². The van der Waals surface area contributed by atoms with Crippen LogP contribution in [0, 0.1) is 0 Å². The number of benzene rings is 1. The summed E-state index contributed by atoms with van der Waals surface area (Å²) >= 11 is 0. The Kier molecular flexibility index (Phi) is 3.70. The average Bonchev–Trinajstić information content (AvgIpc) is 2.93. The fraction of sp³-hybridized carbons (Fsp3) is 0.438. The summed E-state index contributed by atoms with van der Waals surface area (Å²) in [7, 11) is 0. The Morgan fingerprint density at radius 2 is 2.00 bits per heavy atom. The van der Waals surface area contributed by atoms with E-state index in [4.69, 9.17) is 0 Å². The van der Waals surface area contributed by atoms with Gasteiger partial charge in [0.05, 0.1) is 17.5 Å². The van der Waals surface area contributed by atoms with Crippen molar-refractivity contribution in [1.29, 1.82) is 0 Å². The van der Waals surface area contributed by atoms with E-state index >= 15 is 0 Å². The van der Waals surface area contributed by atoms with Gasteiger partial charge in [-0.3, -0.25) is 9.59 Å². The summed E-state index contributed by atoms with van der Waals surface area (Å²) in [5.41, 5.74) is 0.0848. The summed E-state index contributed by atoms with van der Waals surface area (Å²) in [6.45, 7) is 4.54. The Labute approximate surface area is 128 Å². The van der Waals surface area contributed by atoms with Gasteiger partial charge in [-0.25, -0.2) is 4.68 Å². The quantitative estimate of drug-likeness (QED) is 0.904. The number of carbonyl (C=O) groups excluding carboxylic acids is 1. The van der Waals surface area contributed by atoms with Crippen molar-refractivity contribution in [2.75, 3.05) is 13.1 Å². The minimum absolute atomic E-state index is 0.132. The first-order valence-electron chi connectivity index (χ1n) is 7.48. The molecule has 1 aromatic carbocycles. The van der Waals surface area contributed by atoms with Crippen LogP contribution in [0.15, 0.2) is 29.1 Å². The largest absolute Gasteiger partial charge is 0.391 e. The standard InChI is InChI=1S/C16H19N3O3/c1-10(2)19-15(21)13-6-4-3-5-12(13)14(17-19)16(22)18-8-7-11(20)9-18/h3-6,10-11,20H,7-9H2,1-2H3/t11-/m1/s1. The molecule has 1 amide bonds. The fourth-order valence-electron chi connectivity index (χ4n) is 2.79. The van der Waals surface area contributed by atoms with Gasteiger partial charge in [0.25, 0.3) is 11.5 Å². The minimum atomic E-state index is -0.480. The highest BCUT2D eigenvalue weighted by Crippen LogP contribution is 2.19. The van der Waals surface area contributed by atoms with E-state index in [0.29, 0.717) is 30.3 Å². The Hall–Kier alpha value is -2.21. The van der Waals surface area contributed by atoms with Crippen LogP contribution in [-0.4, -0.2) is 44.9 Å². The first kappa shape index (κ1) is 14.7. The van der Waals surface area contributed by atoms with Crippen molar-refractivity contribution in [2.45, 2.75) is 32.4 Å². The van der Waals surface area contributed by atoms with E-state index in [1.807, 2.05) is 13.8 Å². The minimum Gasteiger partial charge on any atom is -0.391 e. The van der Waals surface area contributed by atoms with Crippen molar-refractivity contribution >= 4 is 16.7 Å². The molecular formula is C16H19N3O3. The van der Waals surface area contributed by atoms with Crippen molar-refractivity contribution in [3.8, 4) is 0 Å². The molecule has 0 spiro atoms.